The molecule has 2 heteroatoms. The Kier molecular flexibility index (Phi) is 2.93. The molecule has 0 fully saturated rings. The van der Waals surface area contributed by atoms with Gasteiger partial charge in [-0.15, -0.1) is 0 Å². The summed E-state index contributed by atoms with van der Waals surface area (Å²) in [4.78, 5) is 0. The van der Waals surface area contributed by atoms with Gasteiger partial charge in [-0.3, -0.25) is 0 Å². The first-order valence-electron chi connectivity index (χ1n) is 3.54. The molecule has 1 aromatic rings. The molecule has 1 rings (SSSR count). The fourth-order valence-electron chi connectivity index (χ4n) is 0.962. The third-order valence-electron chi connectivity index (χ3n) is 1.48. The largest absolute Gasteiger partial charge is 0.496 e. The van der Waals surface area contributed by atoms with E-state index in [4.69, 9.17) is 10.5 Å². The number of nitrogens with two attached hydrogens (primary N) is 1. The molecule has 1 radical (unpaired) electrons. The lowest BCUT2D eigenvalue weighted by molar-refractivity contribution is 0.412. The van der Waals surface area contributed by atoms with Crippen molar-refractivity contribution in [3.05, 3.63) is 36.2 Å². The fraction of sp³-hybridized carbons (Fsp3) is 0.222. The van der Waals surface area contributed by atoms with Crippen molar-refractivity contribution in [1.29, 1.82) is 0 Å². The van der Waals surface area contributed by atoms with Crippen molar-refractivity contribution in [3.63, 3.8) is 0 Å². The maximum absolute atomic E-state index is 5.37. The summed E-state index contributed by atoms with van der Waals surface area (Å²) in [6.45, 7) is 0.542. The Morgan fingerprint density at radius 1 is 1.45 bits per heavy atom. The van der Waals surface area contributed by atoms with E-state index in [9.17, 15) is 0 Å². The van der Waals surface area contributed by atoms with Gasteiger partial charge in [0.2, 0.25) is 0 Å². The summed E-state index contributed by atoms with van der Waals surface area (Å²) in [6.07, 6.45) is 1.93. The van der Waals surface area contributed by atoms with Crippen LogP contribution in [-0.2, 0) is 0 Å². The number of benzene rings is 1. The zero-order valence-electron chi connectivity index (χ0n) is 6.58. The molecule has 0 saturated heterocycles. The lowest BCUT2D eigenvalue weighted by atomic mass is 10.1. The number of methoxy groups -OCH3 is 1. The Balaban J connectivity index is 2.83. The normalized spacial score (nSPS) is 9.64. The Morgan fingerprint density at radius 2 is 2.18 bits per heavy atom. The maximum atomic E-state index is 5.37. The first-order chi connectivity index (χ1) is 5.38. The average molecular weight is 150 g/mol. The third kappa shape index (κ3) is 1.95. The molecule has 59 valence electrons. The van der Waals surface area contributed by atoms with E-state index in [-0.39, 0.29) is 0 Å². The highest BCUT2D eigenvalue weighted by Crippen LogP contribution is 2.17. The van der Waals surface area contributed by atoms with Crippen molar-refractivity contribution in [1.82, 2.24) is 0 Å². The van der Waals surface area contributed by atoms with Crippen LogP contribution >= 0.6 is 0 Å². The standard InChI is InChI=1S/C9H12NO/c1-11-9-5-3-2-4-8(9)6-7-10/h2-6H,7,10H2,1H3. The van der Waals surface area contributed by atoms with E-state index in [0.717, 1.165) is 11.3 Å². The molecule has 0 unspecified atom stereocenters. The van der Waals surface area contributed by atoms with Gasteiger partial charge in [-0.2, -0.15) is 0 Å². The smallest absolute Gasteiger partial charge is 0.122 e. The van der Waals surface area contributed by atoms with Gasteiger partial charge in [-0.1, -0.05) is 18.2 Å². The van der Waals surface area contributed by atoms with E-state index < -0.39 is 0 Å². The summed E-state index contributed by atoms with van der Waals surface area (Å²) in [5.41, 5.74) is 6.43. The van der Waals surface area contributed by atoms with E-state index in [0.29, 0.717) is 6.54 Å². The zero-order valence-corrected chi connectivity index (χ0v) is 6.58. The fourth-order valence-corrected chi connectivity index (χ4v) is 0.962. The minimum atomic E-state index is 0.542. The second-order valence-corrected chi connectivity index (χ2v) is 2.18. The van der Waals surface area contributed by atoms with Crippen LogP contribution in [0.15, 0.2) is 24.3 Å². The summed E-state index contributed by atoms with van der Waals surface area (Å²) in [5, 5.41) is 0. The number of ether oxygens (including phenoxy) is 1. The van der Waals surface area contributed by atoms with Crippen molar-refractivity contribution >= 4 is 0 Å². The molecule has 0 aliphatic heterocycles. The molecular weight excluding hydrogens is 138 g/mol. The third-order valence-corrected chi connectivity index (χ3v) is 1.48. The van der Waals surface area contributed by atoms with E-state index in [1.54, 1.807) is 7.11 Å². The van der Waals surface area contributed by atoms with Gasteiger partial charge < -0.3 is 10.5 Å². The average Bonchev–Trinajstić information content (AvgIpc) is 2.06. The number of hydrogen-bond acceptors (Lipinski definition) is 2. The van der Waals surface area contributed by atoms with Crippen molar-refractivity contribution < 1.29 is 4.74 Å². The second-order valence-electron chi connectivity index (χ2n) is 2.18. The molecule has 0 atom stereocenters. The van der Waals surface area contributed by atoms with Gasteiger partial charge >= 0.3 is 0 Å². The van der Waals surface area contributed by atoms with E-state index in [1.807, 2.05) is 30.7 Å². The first kappa shape index (κ1) is 8.08. The van der Waals surface area contributed by atoms with Crippen LogP contribution in [0.5, 0.6) is 5.75 Å². The molecule has 0 aromatic heterocycles. The van der Waals surface area contributed by atoms with Crippen LogP contribution < -0.4 is 10.5 Å². The molecule has 0 bridgehead atoms. The molecule has 0 amide bonds. The van der Waals surface area contributed by atoms with Crippen LogP contribution in [0.4, 0.5) is 0 Å². The van der Waals surface area contributed by atoms with Gasteiger partial charge in [0.1, 0.15) is 5.75 Å². The summed E-state index contributed by atoms with van der Waals surface area (Å²) in [5.74, 6) is 0.873. The molecular formula is C9H12NO. The molecule has 1 aromatic carbocycles. The Hall–Kier alpha value is -1.02. The monoisotopic (exact) mass is 150 g/mol. The molecule has 0 aliphatic rings. The lowest BCUT2D eigenvalue weighted by Gasteiger charge is -2.05. The summed E-state index contributed by atoms with van der Waals surface area (Å²) in [7, 11) is 1.66. The van der Waals surface area contributed by atoms with Crippen molar-refractivity contribution in [2.24, 2.45) is 5.73 Å². The zero-order chi connectivity index (χ0) is 8.10. The van der Waals surface area contributed by atoms with E-state index in [2.05, 4.69) is 0 Å². The van der Waals surface area contributed by atoms with E-state index >= 15 is 0 Å². The molecule has 0 spiro atoms. The highest BCUT2D eigenvalue weighted by atomic mass is 16.5. The van der Waals surface area contributed by atoms with Gasteiger partial charge in [-0.05, 0) is 18.2 Å². The van der Waals surface area contributed by atoms with Crippen LogP contribution in [0.1, 0.15) is 5.56 Å². The SMILES string of the molecule is COc1ccccc1[CH]CN. The minimum Gasteiger partial charge on any atom is -0.496 e. The van der Waals surface area contributed by atoms with Crippen molar-refractivity contribution in [2.45, 2.75) is 0 Å². The van der Waals surface area contributed by atoms with Gasteiger partial charge in [0.25, 0.3) is 0 Å². The summed E-state index contributed by atoms with van der Waals surface area (Å²) in [6, 6.07) is 7.80. The van der Waals surface area contributed by atoms with Crippen LogP contribution in [-0.4, -0.2) is 13.7 Å². The number of para-hydroxylation sites is 1. The van der Waals surface area contributed by atoms with Crippen molar-refractivity contribution in [3.8, 4) is 5.75 Å². The predicted molar refractivity (Wildman–Crippen MR) is 45.5 cm³/mol. The van der Waals surface area contributed by atoms with Gasteiger partial charge in [0, 0.05) is 6.42 Å². The molecule has 0 heterocycles. The van der Waals surface area contributed by atoms with Crippen LogP contribution in [0.3, 0.4) is 0 Å². The van der Waals surface area contributed by atoms with Crippen molar-refractivity contribution in [2.75, 3.05) is 13.7 Å². The maximum Gasteiger partial charge on any atom is 0.122 e. The van der Waals surface area contributed by atoms with Gasteiger partial charge in [0.15, 0.2) is 0 Å². The molecule has 2 N–H and O–H groups in total. The molecule has 0 aliphatic carbocycles. The summed E-state index contributed by atoms with van der Waals surface area (Å²) >= 11 is 0. The highest BCUT2D eigenvalue weighted by molar-refractivity contribution is 5.38. The van der Waals surface area contributed by atoms with Crippen LogP contribution in [0.2, 0.25) is 0 Å². The molecule has 11 heavy (non-hydrogen) atoms. The Morgan fingerprint density at radius 3 is 2.82 bits per heavy atom. The summed E-state index contributed by atoms with van der Waals surface area (Å²) < 4.78 is 5.11. The Bertz CT molecular complexity index is 223. The second kappa shape index (κ2) is 3.98. The highest BCUT2D eigenvalue weighted by Gasteiger charge is 1.98. The first-order valence-corrected chi connectivity index (χ1v) is 3.54. The Labute approximate surface area is 67.0 Å². The van der Waals surface area contributed by atoms with Gasteiger partial charge in [0.05, 0.1) is 7.11 Å². The quantitative estimate of drug-likeness (QED) is 0.702. The van der Waals surface area contributed by atoms with Crippen LogP contribution in [0.25, 0.3) is 0 Å². The van der Waals surface area contributed by atoms with Crippen LogP contribution in [0, 0.1) is 6.42 Å². The lowest BCUT2D eigenvalue weighted by Crippen LogP contribution is -2.01. The van der Waals surface area contributed by atoms with Gasteiger partial charge in [-0.25, -0.2) is 0 Å². The number of hydrogen-bond donors (Lipinski definition) is 1. The van der Waals surface area contributed by atoms with E-state index in [1.165, 1.54) is 0 Å². The number of rotatable bonds is 3. The minimum absolute atomic E-state index is 0.542. The topological polar surface area (TPSA) is 35.2 Å². The predicted octanol–water partition coefficient (Wildman–Crippen LogP) is 1.21. The molecule has 2 nitrogen and oxygen atoms in total. The molecule has 0 saturated carbocycles.